The fourth-order valence-electron chi connectivity index (χ4n) is 3.63. The van der Waals surface area contributed by atoms with E-state index in [9.17, 15) is 4.79 Å². The first-order chi connectivity index (χ1) is 10.2. The van der Waals surface area contributed by atoms with Gasteiger partial charge in [0.15, 0.2) is 0 Å². The van der Waals surface area contributed by atoms with Crippen LogP contribution in [0.3, 0.4) is 0 Å². The highest BCUT2D eigenvalue weighted by Crippen LogP contribution is 2.48. The van der Waals surface area contributed by atoms with Crippen molar-refractivity contribution in [3.05, 3.63) is 28.8 Å². The van der Waals surface area contributed by atoms with E-state index < -0.39 is 0 Å². The number of aliphatic hydroxyl groups excluding tert-OH is 1. The first-order valence-electron chi connectivity index (χ1n) is 7.37. The fraction of sp³-hybridized carbons (Fsp3) is 0.471. The van der Waals surface area contributed by atoms with Crippen LogP contribution in [0.5, 0.6) is 0 Å². The molecule has 0 aromatic heterocycles. The van der Waals surface area contributed by atoms with Gasteiger partial charge >= 0.3 is 0 Å². The molecule has 3 nitrogen and oxygen atoms in total. The summed E-state index contributed by atoms with van der Waals surface area (Å²) in [5.41, 5.74) is 1.34. The van der Waals surface area contributed by atoms with Crippen LogP contribution < -0.4 is 5.32 Å². The van der Waals surface area contributed by atoms with Crippen LogP contribution >= 0.6 is 11.6 Å². The SMILES string of the molecule is O=C(Nc1cc(C#CCO)ccc1Cl)C1CC2CCC1C2. The van der Waals surface area contributed by atoms with E-state index in [0.29, 0.717) is 16.6 Å². The monoisotopic (exact) mass is 303 g/mol. The van der Waals surface area contributed by atoms with Gasteiger partial charge in [-0.1, -0.05) is 29.9 Å². The Labute approximate surface area is 129 Å². The zero-order valence-electron chi connectivity index (χ0n) is 11.7. The second-order valence-corrected chi connectivity index (χ2v) is 6.33. The molecule has 0 heterocycles. The normalized spacial score (nSPS) is 26.3. The molecule has 0 saturated heterocycles. The molecule has 0 spiro atoms. The Bertz CT molecular complexity index is 617. The molecule has 4 heteroatoms. The van der Waals surface area contributed by atoms with E-state index in [1.165, 1.54) is 19.3 Å². The summed E-state index contributed by atoms with van der Waals surface area (Å²) in [6.07, 6.45) is 4.67. The number of carbonyl (C=O) groups excluding carboxylic acids is 1. The Kier molecular flexibility index (Phi) is 4.19. The molecule has 110 valence electrons. The van der Waals surface area contributed by atoms with Crippen molar-refractivity contribution in [2.24, 2.45) is 17.8 Å². The number of aliphatic hydroxyl groups is 1. The second kappa shape index (κ2) is 6.09. The summed E-state index contributed by atoms with van der Waals surface area (Å²) in [7, 11) is 0. The first-order valence-corrected chi connectivity index (χ1v) is 7.75. The number of nitrogens with one attached hydrogen (secondary N) is 1. The fourth-order valence-corrected chi connectivity index (χ4v) is 3.80. The van der Waals surface area contributed by atoms with Crippen molar-refractivity contribution in [3.8, 4) is 11.8 Å². The molecule has 21 heavy (non-hydrogen) atoms. The molecule has 0 aliphatic heterocycles. The molecule has 2 saturated carbocycles. The molecule has 1 amide bonds. The van der Waals surface area contributed by atoms with E-state index >= 15 is 0 Å². The van der Waals surface area contributed by atoms with Gasteiger partial charge in [0.1, 0.15) is 6.61 Å². The third-order valence-electron chi connectivity index (χ3n) is 4.61. The van der Waals surface area contributed by atoms with Gasteiger partial charge in [0.05, 0.1) is 10.7 Å². The summed E-state index contributed by atoms with van der Waals surface area (Å²) in [6.45, 7) is -0.185. The quantitative estimate of drug-likeness (QED) is 0.825. The van der Waals surface area contributed by atoms with Crippen LogP contribution in [-0.2, 0) is 4.79 Å². The van der Waals surface area contributed by atoms with Crippen molar-refractivity contribution >= 4 is 23.2 Å². The predicted molar refractivity (Wildman–Crippen MR) is 83.0 cm³/mol. The van der Waals surface area contributed by atoms with Gasteiger partial charge in [-0.2, -0.15) is 0 Å². The lowest BCUT2D eigenvalue weighted by Crippen LogP contribution is -2.27. The molecule has 3 atom stereocenters. The Morgan fingerprint density at radius 1 is 1.38 bits per heavy atom. The number of benzene rings is 1. The standard InChI is InChI=1S/C17H18ClNO2/c18-15-6-4-11(2-1-7-20)10-16(15)19-17(21)14-9-12-3-5-13(14)8-12/h4,6,10,12-14,20H,3,5,7-9H2,(H,19,21). The summed E-state index contributed by atoms with van der Waals surface area (Å²) < 4.78 is 0. The molecule has 2 bridgehead atoms. The molecule has 1 aromatic rings. The molecule has 1 aromatic carbocycles. The first kappa shape index (κ1) is 14.4. The molecule has 2 aliphatic rings. The van der Waals surface area contributed by atoms with E-state index in [-0.39, 0.29) is 18.4 Å². The zero-order chi connectivity index (χ0) is 14.8. The number of rotatable bonds is 2. The van der Waals surface area contributed by atoms with E-state index in [1.807, 2.05) is 0 Å². The average Bonchev–Trinajstić information content (AvgIpc) is 3.10. The highest BCUT2D eigenvalue weighted by Gasteiger charge is 2.43. The maximum Gasteiger partial charge on any atom is 0.227 e. The number of amides is 1. The van der Waals surface area contributed by atoms with E-state index in [1.54, 1.807) is 18.2 Å². The van der Waals surface area contributed by atoms with Crippen molar-refractivity contribution in [2.75, 3.05) is 11.9 Å². The molecular formula is C17H18ClNO2. The third-order valence-corrected chi connectivity index (χ3v) is 4.94. The Hall–Kier alpha value is -1.50. The van der Waals surface area contributed by atoms with Crippen LogP contribution in [0.2, 0.25) is 5.02 Å². The second-order valence-electron chi connectivity index (χ2n) is 5.93. The largest absolute Gasteiger partial charge is 0.384 e. The summed E-state index contributed by atoms with van der Waals surface area (Å²) in [6, 6.07) is 5.26. The molecule has 3 rings (SSSR count). The van der Waals surface area contributed by atoms with E-state index in [4.69, 9.17) is 16.7 Å². The number of carbonyl (C=O) groups is 1. The van der Waals surface area contributed by atoms with E-state index in [2.05, 4.69) is 17.2 Å². The summed E-state index contributed by atoms with van der Waals surface area (Å²) >= 11 is 6.15. The van der Waals surface area contributed by atoms with Gasteiger partial charge in [-0.05, 0) is 49.3 Å². The number of halogens is 1. The van der Waals surface area contributed by atoms with Gasteiger partial charge in [0.25, 0.3) is 0 Å². The third kappa shape index (κ3) is 3.07. The van der Waals surface area contributed by atoms with Crippen LogP contribution in [0.15, 0.2) is 18.2 Å². The van der Waals surface area contributed by atoms with Gasteiger partial charge in [-0.25, -0.2) is 0 Å². The van der Waals surface area contributed by atoms with E-state index in [0.717, 1.165) is 17.9 Å². The minimum atomic E-state index is -0.185. The molecule has 3 unspecified atom stereocenters. The van der Waals surface area contributed by atoms with Crippen molar-refractivity contribution in [1.29, 1.82) is 0 Å². The minimum Gasteiger partial charge on any atom is -0.384 e. The van der Waals surface area contributed by atoms with Crippen LogP contribution in [0.4, 0.5) is 5.69 Å². The van der Waals surface area contributed by atoms with Gasteiger partial charge in [-0.15, -0.1) is 0 Å². The molecule has 0 radical (unpaired) electrons. The summed E-state index contributed by atoms with van der Waals surface area (Å²) in [5, 5.41) is 12.2. The maximum absolute atomic E-state index is 12.4. The Morgan fingerprint density at radius 2 is 2.24 bits per heavy atom. The average molecular weight is 304 g/mol. The summed E-state index contributed by atoms with van der Waals surface area (Å²) in [4.78, 5) is 12.4. The van der Waals surface area contributed by atoms with Gasteiger partial charge in [-0.3, -0.25) is 4.79 Å². The highest BCUT2D eigenvalue weighted by molar-refractivity contribution is 6.33. The number of hydrogen-bond donors (Lipinski definition) is 2. The highest BCUT2D eigenvalue weighted by atomic mass is 35.5. The molecule has 2 aliphatic carbocycles. The molecular weight excluding hydrogens is 286 g/mol. The number of fused-ring (bicyclic) bond motifs is 2. The van der Waals surface area contributed by atoms with Crippen molar-refractivity contribution in [1.82, 2.24) is 0 Å². The lowest BCUT2D eigenvalue weighted by molar-refractivity contribution is -0.121. The number of anilines is 1. The van der Waals surface area contributed by atoms with Crippen LogP contribution in [-0.4, -0.2) is 17.6 Å². The Morgan fingerprint density at radius 3 is 2.90 bits per heavy atom. The summed E-state index contributed by atoms with van der Waals surface area (Å²) in [5.74, 6) is 6.91. The van der Waals surface area contributed by atoms with Crippen LogP contribution in [0.1, 0.15) is 31.2 Å². The zero-order valence-corrected chi connectivity index (χ0v) is 12.5. The van der Waals surface area contributed by atoms with Crippen molar-refractivity contribution in [3.63, 3.8) is 0 Å². The van der Waals surface area contributed by atoms with Crippen molar-refractivity contribution < 1.29 is 9.90 Å². The van der Waals surface area contributed by atoms with Gasteiger partial charge < -0.3 is 10.4 Å². The smallest absolute Gasteiger partial charge is 0.227 e. The molecule has 2 fully saturated rings. The number of hydrogen-bond acceptors (Lipinski definition) is 2. The maximum atomic E-state index is 12.4. The molecule has 2 N–H and O–H groups in total. The minimum absolute atomic E-state index is 0.0800. The van der Waals surface area contributed by atoms with Crippen molar-refractivity contribution in [2.45, 2.75) is 25.7 Å². The Balaban J connectivity index is 1.73. The van der Waals surface area contributed by atoms with Crippen LogP contribution in [0.25, 0.3) is 0 Å². The van der Waals surface area contributed by atoms with Gasteiger partial charge in [0.2, 0.25) is 5.91 Å². The lowest BCUT2D eigenvalue weighted by Gasteiger charge is -2.21. The predicted octanol–water partition coefficient (Wildman–Crippen LogP) is 3.06. The van der Waals surface area contributed by atoms with Crippen LogP contribution in [0, 0.1) is 29.6 Å². The lowest BCUT2D eigenvalue weighted by atomic mass is 9.88. The van der Waals surface area contributed by atoms with Gasteiger partial charge in [0, 0.05) is 11.5 Å². The topological polar surface area (TPSA) is 49.3 Å².